The monoisotopic (exact) mass is 401 g/mol. The highest BCUT2D eigenvalue weighted by atomic mass is 35.5. The number of halogens is 2. The van der Waals surface area contributed by atoms with E-state index in [0.717, 1.165) is 11.1 Å². The van der Waals surface area contributed by atoms with E-state index in [-0.39, 0.29) is 31.4 Å². The van der Waals surface area contributed by atoms with E-state index in [1.54, 1.807) is 42.5 Å². The third-order valence-electron chi connectivity index (χ3n) is 4.37. The van der Waals surface area contributed by atoms with Gasteiger partial charge in [-0.1, -0.05) is 29.8 Å². The van der Waals surface area contributed by atoms with Crippen molar-refractivity contribution in [2.45, 2.75) is 26.9 Å². The summed E-state index contributed by atoms with van der Waals surface area (Å²) in [6.45, 7) is 3.93. The lowest BCUT2D eigenvalue weighted by molar-refractivity contribution is -0.135. The van der Waals surface area contributed by atoms with Crippen molar-refractivity contribution in [3.05, 3.63) is 88.1 Å². The molecule has 0 bridgehead atoms. The van der Waals surface area contributed by atoms with Crippen LogP contribution >= 0.6 is 11.6 Å². The Labute approximate surface area is 168 Å². The highest BCUT2D eigenvalue weighted by Gasteiger charge is 2.18. The van der Waals surface area contributed by atoms with E-state index >= 15 is 0 Å². The number of rotatable bonds is 7. The Morgan fingerprint density at radius 1 is 1.11 bits per heavy atom. The van der Waals surface area contributed by atoms with Gasteiger partial charge in [0.25, 0.3) is 5.91 Å². The Morgan fingerprint density at radius 2 is 1.82 bits per heavy atom. The fraction of sp³-hybridized carbons (Fsp3) is 0.227. The number of nitrogens with zero attached hydrogens (tertiary/aromatic N) is 1. The van der Waals surface area contributed by atoms with Crippen LogP contribution in [0.25, 0.3) is 0 Å². The number of furan rings is 1. The van der Waals surface area contributed by atoms with Gasteiger partial charge < -0.3 is 14.1 Å². The molecule has 0 spiro atoms. The van der Waals surface area contributed by atoms with Crippen LogP contribution in [0.15, 0.2) is 59.2 Å². The van der Waals surface area contributed by atoms with Crippen LogP contribution in [0, 0.1) is 19.7 Å². The molecule has 0 saturated carbocycles. The van der Waals surface area contributed by atoms with Crippen LogP contribution in [0.4, 0.5) is 4.39 Å². The van der Waals surface area contributed by atoms with Gasteiger partial charge in [-0.3, -0.25) is 4.79 Å². The highest BCUT2D eigenvalue weighted by molar-refractivity contribution is 6.32. The predicted molar refractivity (Wildman–Crippen MR) is 106 cm³/mol. The molecule has 146 valence electrons. The summed E-state index contributed by atoms with van der Waals surface area (Å²) < 4.78 is 25.1. The summed E-state index contributed by atoms with van der Waals surface area (Å²) in [6.07, 6.45) is 1.54. The molecule has 1 heterocycles. The average molecular weight is 402 g/mol. The van der Waals surface area contributed by atoms with Gasteiger partial charge in [-0.2, -0.15) is 0 Å². The van der Waals surface area contributed by atoms with E-state index < -0.39 is 0 Å². The minimum Gasteiger partial charge on any atom is -0.484 e. The fourth-order valence-corrected chi connectivity index (χ4v) is 2.99. The second-order valence-corrected chi connectivity index (χ2v) is 6.96. The lowest BCUT2D eigenvalue weighted by atomic mass is 10.1. The third-order valence-corrected chi connectivity index (χ3v) is 4.97. The van der Waals surface area contributed by atoms with Crippen LogP contribution in [0.1, 0.15) is 22.5 Å². The summed E-state index contributed by atoms with van der Waals surface area (Å²) >= 11 is 6.17. The van der Waals surface area contributed by atoms with Crippen molar-refractivity contribution >= 4 is 17.5 Å². The van der Waals surface area contributed by atoms with Gasteiger partial charge in [-0.15, -0.1) is 0 Å². The van der Waals surface area contributed by atoms with Crippen LogP contribution in [0.2, 0.25) is 5.02 Å². The Morgan fingerprint density at radius 3 is 2.46 bits per heavy atom. The minimum atomic E-state index is -0.357. The van der Waals surface area contributed by atoms with Gasteiger partial charge >= 0.3 is 0 Å². The third kappa shape index (κ3) is 4.93. The van der Waals surface area contributed by atoms with Crippen molar-refractivity contribution in [1.29, 1.82) is 0 Å². The lowest BCUT2D eigenvalue weighted by Crippen LogP contribution is -2.34. The molecule has 0 unspecified atom stereocenters. The molecule has 28 heavy (non-hydrogen) atoms. The van der Waals surface area contributed by atoms with Crippen molar-refractivity contribution in [1.82, 2.24) is 4.90 Å². The van der Waals surface area contributed by atoms with Crippen molar-refractivity contribution in [3.8, 4) is 5.75 Å². The summed E-state index contributed by atoms with van der Waals surface area (Å²) in [7, 11) is 0. The first-order chi connectivity index (χ1) is 13.4. The van der Waals surface area contributed by atoms with Gasteiger partial charge in [0.05, 0.1) is 12.8 Å². The Bertz CT molecular complexity index is 933. The summed E-state index contributed by atoms with van der Waals surface area (Å²) in [5, 5.41) is 0.678. The number of hydrogen-bond donors (Lipinski definition) is 0. The molecule has 3 aromatic rings. The normalized spacial score (nSPS) is 10.7. The topological polar surface area (TPSA) is 42.7 Å². The number of hydrogen-bond acceptors (Lipinski definition) is 3. The zero-order valence-electron chi connectivity index (χ0n) is 15.7. The van der Waals surface area contributed by atoms with E-state index in [2.05, 4.69) is 0 Å². The van der Waals surface area contributed by atoms with Gasteiger partial charge in [0.2, 0.25) is 0 Å². The van der Waals surface area contributed by atoms with Crippen molar-refractivity contribution in [3.63, 3.8) is 0 Å². The molecule has 0 saturated heterocycles. The number of benzene rings is 2. The van der Waals surface area contributed by atoms with Crippen LogP contribution < -0.4 is 4.74 Å². The first kappa shape index (κ1) is 20.0. The standard InChI is InChI=1S/C22H21ClFNO3/c1-15-10-19(11-16(2)22(15)23)28-14-21(26)25(13-18-7-5-9-27-18)12-17-6-3-4-8-20(17)24/h3-11H,12-14H2,1-2H3. The predicted octanol–water partition coefficient (Wildman–Crippen LogP) is 5.30. The largest absolute Gasteiger partial charge is 0.484 e. The Hall–Kier alpha value is -2.79. The fourth-order valence-electron chi connectivity index (χ4n) is 2.88. The summed E-state index contributed by atoms with van der Waals surface area (Å²) in [6, 6.07) is 13.5. The highest BCUT2D eigenvalue weighted by Crippen LogP contribution is 2.26. The number of amides is 1. The van der Waals surface area contributed by atoms with Gasteiger partial charge in [0.15, 0.2) is 6.61 Å². The molecule has 0 N–H and O–H groups in total. The molecular formula is C22H21ClFNO3. The first-order valence-corrected chi connectivity index (χ1v) is 9.25. The van der Waals surface area contributed by atoms with Gasteiger partial charge in [0.1, 0.15) is 17.3 Å². The van der Waals surface area contributed by atoms with Gasteiger partial charge in [-0.05, 0) is 55.3 Å². The van der Waals surface area contributed by atoms with Crippen LogP contribution in [-0.2, 0) is 17.9 Å². The molecule has 0 atom stereocenters. The molecule has 0 fully saturated rings. The molecule has 1 aromatic heterocycles. The molecule has 0 aliphatic heterocycles. The second-order valence-electron chi connectivity index (χ2n) is 6.58. The van der Waals surface area contributed by atoms with E-state index in [9.17, 15) is 9.18 Å². The molecular weight excluding hydrogens is 381 g/mol. The van der Waals surface area contributed by atoms with Crippen molar-refractivity contribution < 1.29 is 18.3 Å². The van der Waals surface area contributed by atoms with E-state index in [1.165, 1.54) is 17.2 Å². The zero-order chi connectivity index (χ0) is 20.1. The van der Waals surface area contributed by atoms with Crippen LogP contribution in [-0.4, -0.2) is 17.4 Å². The maximum atomic E-state index is 14.1. The minimum absolute atomic E-state index is 0.119. The van der Waals surface area contributed by atoms with Crippen molar-refractivity contribution in [2.75, 3.05) is 6.61 Å². The van der Waals surface area contributed by atoms with E-state index in [1.807, 2.05) is 13.8 Å². The molecule has 0 aliphatic rings. The van der Waals surface area contributed by atoms with Crippen LogP contribution in [0.5, 0.6) is 5.75 Å². The molecule has 0 radical (unpaired) electrons. The molecule has 6 heteroatoms. The molecule has 2 aromatic carbocycles. The zero-order valence-corrected chi connectivity index (χ0v) is 16.5. The molecule has 3 rings (SSSR count). The summed E-state index contributed by atoms with van der Waals surface area (Å²) in [4.78, 5) is 14.3. The Kier molecular flexibility index (Phi) is 6.37. The molecule has 4 nitrogen and oxygen atoms in total. The number of carbonyl (C=O) groups excluding carboxylic acids is 1. The van der Waals surface area contributed by atoms with E-state index in [0.29, 0.717) is 22.1 Å². The maximum Gasteiger partial charge on any atom is 0.261 e. The quantitative estimate of drug-likeness (QED) is 0.539. The number of carbonyl (C=O) groups is 1. The summed E-state index contributed by atoms with van der Waals surface area (Å²) in [5.74, 6) is 0.550. The Balaban J connectivity index is 1.73. The summed E-state index contributed by atoms with van der Waals surface area (Å²) in [5.41, 5.74) is 2.19. The first-order valence-electron chi connectivity index (χ1n) is 8.87. The van der Waals surface area contributed by atoms with Crippen molar-refractivity contribution in [2.24, 2.45) is 0 Å². The average Bonchev–Trinajstić information content (AvgIpc) is 3.18. The smallest absolute Gasteiger partial charge is 0.261 e. The maximum absolute atomic E-state index is 14.1. The number of ether oxygens (including phenoxy) is 1. The molecule has 0 aliphatic carbocycles. The van der Waals surface area contributed by atoms with Gasteiger partial charge in [-0.25, -0.2) is 4.39 Å². The van der Waals surface area contributed by atoms with E-state index in [4.69, 9.17) is 20.8 Å². The lowest BCUT2D eigenvalue weighted by Gasteiger charge is -2.22. The van der Waals surface area contributed by atoms with Crippen LogP contribution in [0.3, 0.4) is 0 Å². The molecule has 1 amide bonds. The second kappa shape index (κ2) is 8.93. The van der Waals surface area contributed by atoms with Gasteiger partial charge in [0, 0.05) is 17.1 Å². The SMILES string of the molecule is Cc1cc(OCC(=O)N(Cc2ccco2)Cc2ccccc2F)cc(C)c1Cl. The number of aryl methyl sites for hydroxylation is 2.